The summed E-state index contributed by atoms with van der Waals surface area (Å²) in [4.78, 5) is 27.1. The fourth-order valence-corrected chi connectivity index (χ4v) is 4.54. The maximum atomic E-state index is 12.7. The highest BCUT2D eigenvalue weighted by Gasteiger charge is 2.32. The number of nitrogens with one attached hydrogen (secondary N) is 2. The highest BCUT2D eigenvalue weighted by atomic mass is 16.5. The molecule has 7 heteroatoms. The van der Waals surface area contributed by atoms with E-state index in [1.165, 1.54) is 5.56 Å². The van der Waals surface area contributed by atoms with Gasteiger partial charge >= 0.3 is 0 Å². The van der Waals surface area contributed by atoms with Crippen LogP contribution in [0.25, 0.3) is 0 Å². The van der Waals surface area contributed by atoms with Crippen LogP contribution in [0.4, 0.5) is 0 Å². The zero-order valence-electron chi connectivity index (χ0n) is 19.3. The summed E-state index contributed by atoms with van der Waals surface area (Å²) in [6.45, 7) is 4.44. The summed E-state index contributed by atoms with van der Waals surface area (Å²) in [6.07, 6.45) is 3.78. The molecule has 0 radical (unpaired) electrons. The van der Waals surface area contributed by atoms with E-state index in [2.05, 4.69) is 34.2 Å². The standard InChI is InChI=1S/C27H31N3O4/c31-26(28-25(27(32)29-33)23-3-1-2-4-23)24-13-11-21(12-14-24)6-5-20-7-9-22(10-8-20)19-30-15-17-34-18-16-30/h7-14,23,25,33H,1-4,15-19H2,(H,28,31)(H,29,32). The highest BCUT2D eigenvalue weighted by Crippen LogP contribution is 2.28. The summed E-state index contributed by atoms with van der Waals surface area (Å²) in [7, 11) is 0. The van der Waals surface area contributed by atoms with Gasteiger partial charge in [-0.3, -0.25) is 19.7 Å². The lowest BCUT2D eigenvalue weighted by atomic mass is 9.97. The van der Waals surface area contributed by atoms with Gasteiger partial charge in [0.15, 0.2) is 0 Å². The van der Waals surface area contributed by atoms with Crippen LogP contribution < -0.4 is 10.8 Å². The molecule has 0 aromatic heterocycles. The fourth-order valence-electron chi connectivity index (χ4n) is 4.54. The molecule has 1 aliphatic heterocycles. The van der Waals surface area contributed by atoms with Gasteiger partial charge < -0.3 is 10.1 Å². The van der Waals surface area contributed by atoms with Crippen LogP contribution in [0.15, 0.2) is 48.5 Å². The molecule has 1 saturated carbocycles. The van der Waals surface area contributed by atoms with Crippen LogP contribution in [0.1, 0.15) is 52.7 Å². The van der Waals surface area contributed by atoms with E-state index in [0.717, 1.165) is 69.7 Å². The van der Waals surface area contributed by atoms with E-state index in [9.17, 15) is 9.59 Å². The number of amides is 2. The number of carbonyl (C=O) groups excluding carboxylic acids is 2. The van der Waals surface area contributed by atoms with Crippen molar-refractivity contribution < 1.29 is 19.5 Å². The smallest absolute Gasteiger partial charge is 0.266 e. The molecule has 1 atom stereocenters. The molecule has 1 heterocycles. The molecule has 0 spiro atoms. The number of ether oxygens (including phenoxy) is 1. The Hall–Kier alpha value is -3.18. The number of hydroxylamine groups is 1. The molecule has 2 aromatic rings. The van der Waals surface area contributed by atoms with Gasteiger partial charge in [0.2, 0.25) is 0 Å². The van der Waals surface area contributed by atoms with E-state index in [1.807, 2.05) is 12.1 Å². The highest BCUT2D eigenvalue weighted by molar-refractivity contribution is 5.97. The first kappa shape index (κ1) is 24.0. The van der Waals surface area contributed by atoms with Gasteiger partial charge in [-0.15, -0.1) is 0 Å². The molecule has 3 N–H and O–H groups in total. The van der Waals surface area contributed by atoms with Gasteiger partial charge in [0, 0.05) is 36.3 Å². The Labute approximate surface area is 200 Å². The molecular formula is C27H31N3O4. The van der Waals surface area contributed by atoms with Crippen molar-refractivity contribution in [2.24, 2.45) is 5.92 Å². The topological polar surface area (TPSA) is 90.9 Å². The molecule has 1 aliphatic carbocycles. The number of benzene rings is 2. The van der Waals surface area contributed by atoms with Gasteiger partial charge in [-0.1, -0.05) is 36.8 Å². The first-order valence-electron chi connectivity index (χ1n) is 11.9. The lowest BCUT2D eigenvalue weighted by Crippen LogP contribution is -2.49. The first-order chi connectivity index (χ1) is 16.6. The van der Waals surface area contributed by atoms with Crippen molar-refractivity contribution in [2.75, 3.05) is 26.3 Å². The molecule has 178 valence electrons. The van der Waals surface area contributed by atoms with Crippen molar-refractivity contribution in [3.63, 3.8) is 0 Å². The summed E-state index contributed by atoms with van der Waals surface area (Å²) in [6, 6.07) is 14.5. The van der Waals surface area contributed by atoms with Crippen molar-refractivity contribution in [1.29, 1.82) is 0 Å². The number of rotatable bonds is 6. The predicted octanol–water partition coefficient (Wildman–Crippen LogP) is 2.71. The van der Waals surface area contributed by atoms with Crippen molar-refractivity contribution in [3.05, 3.63) is 70.8 Å². The third-order valence-electron chi connectivity index (χ3n) is 6.51. The second-order valence-corrected chi connectivity index (χ2v) is 8.88. The molecule has 2 aliphatic rings. The maximum absolute atomic E-state index is 12.7. The van der Waals surface area contributed by atoms with Crippen LogP contribution in [-0.4, -0.2) is 54.3 Å². The van der Waals surface area contributed by atoms with Crippen LogP contribution >= 0.6 is 0 Å². The lowest BCUT2D eigenvalue weighted by molar-refractivity contribution is -0.132. The Morgan fingerprint density at radius 2 is 1.56 bits per heavy atom. The van der Waals surface area contributed by atoms with E-state index in [4.69, 9.17) is 9.94 Å². The molecule has 2 amide bonds. The van der Waals surface area contributed by atoms with Crippen LogP contribution in [-0.2, 0) is 16.1 Å². The number of hydrogen-bond donors (Lipinski definition) is 3. The number of nitrogens with zero attached hydrogens (tertiary/aromatic N) is 1. The average Bonchev–Trinajstić information content (AvgIpc) is 3.42. The third kappa shape index (κ3) is 6.45. The Balaban J connectivity index is 1.34. The monoisotopic (exact) mass is 461 g/mol. The fraction of sp³-hybridized carbons (Fsp3) is 0.407. The van der Waals surface area contributed by atoms with Crippen molar-refractivity contribution in [1.82, 2.24) is 15.7 Å². The second-order valence-electron chi connectivity index (χ2n) is 8.88. The van der Waals surface area contributed by atoms with Crippen LogP contribution in [0.3, 0.4) is 0 Å². The second kappa shape index (κ2) is 11.8. The molecule has 1 saturated heterocycles. The van der Waals surface area contributed by atoms with Gasteiger partial charge in [-0.05, 0) is 60.7 Å². The van der Waals surface area contributed by atoms with Gasteiger partial charge in [0.1, 0.15) is 6.04 Å². The Morgan fingerprint density at radius 3 is 2.15 bits per heavy atom. The van der Waals surface area contributed by atoms with E-state index in [0.29, 0.717) is 5.56 Å². The summed E-state index contributed by atoms with van der Waals surface area (Å²) in [5.74, 6) is 5.44. The molecule has 4 rings (SSSR count). The summed E-state index contributed by atoms with van der Waals surface area (Å²) in [5, 5.41) is 11.8. The zero-order valence-corrected chi connectivity index (χ0v) is 19.3. The maximum Gasteiger partial charge on any atom is 0.266 e. The molecule has 0 bridgehead atoms. The quantitative estimate of drug-likeness (QED) is 0.350. The van der Waals surface area contributed by atoms with Gasteiger partial charge in [0.25, 0.3) is 11.8 Å². The minimum atomic E-state index is -0.731. The van der Waals surface area contributed by atoms with E-state index < -0.39 is 11.9 Å². The van der Waals surface area contributed by atoms with Crippen LogP contribution in [0.5, 0.6) is 0 Å². The van der Waals surface area contributed by atoms with Crippen molar-refractivity contribution in [2.45, 2.75) is 38.3 Å². The normalized spacial score (nSPS) is 17.4. The number of carbonyl (C=O) groups is 2. The first-order valence-corrected chi connectivity index (χ1v) is 11.9. The van der Waals surface area contributed by atoms with Gasteiger partial charge in [-0.25, -0.2) is 5.48 Å². The Kier molecular flexibility index (Phi) is 8.31. The minimum Gasteiger partial charge on any atom is -0.379 e. The van der Waals surface area contributed by atoms with E-state index in [-0.39, 0.29) is 11.8 Å². The van der Waals surface area contributed by atoms with Gasteiger partial charge in [0.05, 0.1) is 13.2 Å². The molecule has 7 nitrogen and oxygen atoms in total. The molecule has 2 aromatic carbocycles. The van der Waals surface area contributed by atoms with Crippen molar-refractivity contribution >= 4 is 11.8 Å². The predicted molar refractivity (Wildman–Crippen MR) is 128 cm³/mol. The summed E-state index contributed by atoms with van der Waals surface area (Å²) < 4.78 is 5.40. The van der Waals surface area contributed by atoms with E-state index >= 15 is 0 Å². The number of hydrogen-bond acceptors (Lipinski definition) is 5. The van der Waals surface area contributed by atoms with Crippen LogP contribution in [0.2, 0.25) is 0 Å². The molecule has 2 fully saturated rings. The third-order valence-corrected chi connectivity index (χ3v) is 6.51. The summed E-state index contributed by atoms with van der Waals surface area (Å²) in [5.41, 5.74) is 5.13. The molecule has 34 heavy (non-hydrogen) atoms. The van der Waals surface area contributed by atoms with Crippen molar-refractivity contribution in [3.8, 4) is 11.8 Å². The Morgan fingerprint density at radius 1 is 0.971 bits per heavy atom. The molecule has 1 unspecified atom stereocenters. The number of morpholine rings is 1. The van der Waals surface area contributed by atoms with Gasteiger partial charge in [-0.2, -0.15) is 0 Å². The largest absolute Gasteiger partial charge is 0.379 e. The SMILES string of the molecule is O=C(NC(C(=O)NO)C1CCCC1)c1ccc(C#Cc2ccc(CN3CCOCC3)cc2)cc1. The van der Waals surface area contributed by atoms with E-state index in [1.54, 1.807) is 29.7 Å². The lowest BCUT2D eigenvalue weighted by Gasteiger charge is -2.26. The van der Waals surface area contributed by atoms with Crippen LogP contribution in [0, 0.1) is 17.8 Å². The summed E-state index contributed by atoms with van der Waals surface area (Å²) >= 11 is 0. The molecular weight excluding hydrogens is 430 g/mol. The minimum absolute atomic E-state index is 0.0431. The zero-order chi connectivity index (χ0) is 23.8. The average molecular weight is 462 g/mol. The Bertz CT molecular complexity index is 1030.